The average Bonchev–Trinajstić information content (AvgIpc) is 3.90. The van der Waals surface area contributed by atoms with E-state index in [-0.39, 0.29) is 0 Å². The first kappa shape index (κ1) is 30.2. The Kier molecular flexibility index (Phi) is 6.46. The predicted molar refractivity (Wildman–Crippen MR) is 212 cm³/mol. The summed E-state index contributed by atoms with van der Waals surface area (Å²) in [7, 11) is 0. The molecular weight excluding hydrogens is 661 g/mol. The van der Waals surface area contributed by atoms with Gasteiger partial charge in [-0.25, -0.2) is 15.0 Å². The van der Waals surface area contributed by atoms with Crippen molar-refractivity contribution >= 4 is 11.0 Å². The number of fused-ring (bicyclic) bond motifs is 12. The molecule has 0 saturated heterocycles. The van der Waals surface area contributed by atoms with Crippen molar-refractivity contribution in [2.45, 2.75) is 5.41 Å². The topological polar surface area (TPSA) is 75.6 Å². The first-order valence-electron chi connectivity index (χ1n) is 18.0. The van der Waals surface area contributed by atoms with Gasteiger partial charge in [0.15, 0.2) is 17.5 Å². The zero-order valence-electron chi connectivity index (χ0n) is 28.9. The van der Waals surface area contributed by atoms with Crippen LogP contribution in [-0.2, 0) is 5.41 Å². The fraction of sp³-hybridized carbons (Fsp3) is 0.0204. The number of hydrogen-bond donors (Lipinski definition) is 0. The van der Waals surface area contributed by atoms with Crippen molar-refractivity contribution in [1.82, 2.24) is 15.0 Å². The highest BCUT2D eigenvalue weighted by Crippen LogP contribution is 2.64. The SMILES string of the molecule is N#Cc1coc2ccc3c(c12)-c1ccc(-c2ccc(-c4nc(-c5ccccc5)nc(-c5ccccc5)n4)cc2)cc1C31c2ccccc2-c2ccccc21. The van der Waals surface area contributed by atoms with Crippen LogP contribution in [0.2, 0.25) is 0 Å². The second-order valence-corrected chi connectivity index (χ2v) is 13.8. The fourth-order valence-electron chi connectivity index (χ4n) is 8.77. The fourth-order valence-corrected chi connectivity index (χ4v) is 8.77. The molecular formula is C49H28N4O. The van der Waals surface area contributed by atoms with Crippen LogP contribution in [0.1, 0.15) is 27.8 Å². The summed E-state index contributed by atoms with van der Waals surface area (Å²) >= 11 is 0. The molecule has 0 N–H and O–H groups in total. The summed E-state index contributed by atoms with van der Waals surface area (Å²) in [5.41, 5.74) is 15.2. The van der Waals surface area contributed by atoms with E-state index in [1.807, 2.05) is 66.7 Å². The van der Waals surface area contributed by atoms with Gasteiger partial charge in [-0.05, 0) is 67.8 Å². The van der Waals surface area contributed by atoms with E-state index in [0.717, 1.165) is 49.9 Å². The molecule has 0 saturated carbocycles. The number of benzene rings is 7. The molecule has 0 atom stereocenters. The summed E-state index contributed by atoms with van der Waals surface area (Å²) in [6.07, 6.45) is 1.58. The standard InChI is InChI=1S/C49H28N4O/c50-28-35-29-54-43-26-25-41-45(44(35)43)38-24-23-34(27-42(38)49(41)39-17-9-7-15-36(39)37-16-8-10-18-40(37)49)30-19-21-33(22-20-30)48-52-46(31-11-3-1-4-12-31)51-47(53-48)32-13-5-2-6-14-32/h1-27,29H. The predicted octanol–water partition coefficient (Wildman–Crippen LogP) is 11.5. The Balaban J connectivity index is 1.09. The molecule has 54 heavy (non-hydrogen) atoms. The zero-order valence-corrected chi connectivity index (χ0v) is 28.9. The Morgan fingerprint density at radius 1 is 0.444 bits per heavy atom. The molecule has 2 aliphatic carbocycles. The summed E-state index contributed by atoms with van der Waals surface area (Å²) in [6.45, 7) is 0. The highest BCUT2D eigenvalue weighted by Gasteiger charge is 2.52. The number of hydrogen-bond acceptors (Lipinski definition) is 5. The van der Waals surface area contributed by atoms with E-state index in [4.69, 9.17) is 19.4 Å². The van der Waals surface area contributed by atoms with Crippen molar-refractivity contribution in [2.24, 2.45) is 0 Å². The summed E-state index contributed by atoms with van der Waals surface area (Å²) in [6, 6.07) is 59.5. The second kappa shape index (κ2) is 11.5. The Labute approximate surface area is 311 Å². The molecule has 5 nitrogen and oxygen atoms in total. The van der Waals surface area contributed by atoms with E-state index < -0.39 is 5.41 Å². The van der Waals surface area contributed by atoms with Crippen molar-refractivity contribution in [3.8, 4) is 73.6 Å². The van der Waals surface area contributed by atoms with Crippen molar-refractivity contribution in [2.75, 3.05) is 0 Å². The van der Waals surface area contributed by atoms with Crippen LogP contribution in [0.3, 0.4) is 0 Å². The molecule has 5 heteroatoms. The maximum Gasteiger partial charge on any atom is 0.164 e. The molecule has 250 valence electrons. The lowest BCUT2D eigenvalue weighted by Crippen LogP contribution is -2.25. The van der Waals surface area contributed by atoms with Crippen LogP contribution in [0.4, 0.5) is 0 Å². The summed E-state index contributed by atoms with van der Waals surface area (Å²) in [5.74, 6) is 1.89. The number of furan rings is 1. The summed E-state index contributed by atoms with van der Waals surface area (Å²) in [5, 5.41) is 11.1. The molecule has 7 aromatic carbocycles. The minimum absolute atomic E-state index is 0.549. The van der Waals surface area contributed by atoms with Crippen molar-refractivity contribution in [3.63, 3.8) is 0 Å². The van der Waals surface area contributed by atoms with E-state index in [1.54, 1.807) is 6.26 Å². The Morgan fingerprint density at radius 2 is 0.963 bits per heavy atom. The highest BCUT2D eigenvalue weighted by atomic mass is 16.3. The Hall–Kier alpha value is -7.42. The van der Waals surface area contributed by atoms with Crippen LogP contribution in [0, 0.1) is 11.3 Å². The van der Waals surface area contributed by atoms with Gasteiger partial charge in [0.25, 0.3) is 0 Å². The third-order valence-electron chi connectivity index (χ3n) is 11.1. The lowest BCUT2D eigenvalue weighted by atomic mass is 9.70. The molecule has 0 bridgehead atoms. The van der Waals surface area contributed by atoms with Crippen molar-refractivity contribution in [1.29, 1.82) is 5.26 Å². The maximum atomic E-state index is 10.2. The van der Waals surface area contributed by atoms with Crippen LogP contribution in [0.25, 0.3) is 78.5 Å². The van der Waals surface area contributed by atoms with Crippen LogP contribution >= 0.6 is 0 Å². The van der Waals surface area contributed by atoms with Gasteiger partial charge in [-0.3, -0.25) is 0 Å². The van der Waals surface area contributed by atoms with Gasteiger partial charge in [-0.2, -0.15) is 5.26 Å². The quantitative estimate of drug-likeness (QED) is 0.184. The maximum absolute atomic E-state index is 10.2. The van der Waals surface area contributed by atoms with E-state index in [2.05, 4.69) is 103 Å². The molecule has 0 radical (unpaired) electrons. The van der Waals surface area contributed by atoms with Gasteiger partial charge in [0.05, 0.1) is 11.0 Å². The normalized spacial score (nSPS) is 12.9. The number of nitrogens with zero attached hydrogens (tertiary/aromatic N) is 4. The van der Waals surface area contributed by atoms with E-state index in [1.165, 1.54) is 33.4 Å². The second-order valence-electron chi connectivity index (χ2n) is 13.8. The molecule has 2 aliphatic rings. The van der Waals surface area contributed by atoms with E-state index in [0.29, 0.717) is 23.0 Å². The van der Waals surface area contributed by atoms with Gasteiger partial charge in [0.2, 0.25) is 0 Å². The zero-order chi connectivity index (χ0) is 35.8. The van der Waals surface area contributed by atoms with Gasteiger partial charge in [0, 0.05) is 22.1 Å². The van der Waals surface area contributed by atoms with Crippen molar-refractivity contribution < 1.29 is 4.42 Å². The van der Waals surface area contributed by atoms with Gasteiger partial charge < -0.3 is 4.42 Å². The number of aromatic nitrogens is 3. The highest BCUT2D eigenvalue weighted by molar-refractivity contribution is 6.07. The van der Waals surface area contributed by atoms with E-state index in [9.17, 15) is 5.26 Å². The lowest BCUT2D eigenvalue weighted by Gasteiger charge is -2.30. The molecule has 0 aliphatic heterocycles. The van der Waals surface area contributed by atoms with Gasteiger partial charge in [0.1, 0.15) is 17.9 Å². The molecule has 0 unspecified atom stereocenters. The van der Waals surface area contributed by atoms with Gasteiger partial charge >= 0.3 is 0 Å². The molecule has 1 spiro atoms. The third kappa shape index (κ3) is 4.22. The number of nitriles is 1. The largest absolute Gasteiger partial charge is 0.463 e. The smallest absolute Gasteiger partial charge is 0.164 e. The van der Waals surface area contributed by atoms with Crippen LogP contribution in [0.15, 0.2) is 174 Å². The molecule has 9 aromatic rings. The first-order valence-corrected chi connectivity index (χ1v) is 18.0. The summed E-state index contributed by atoms with van der Waals surface area (Å²) in [4.78, 5) is 14.8. The monoisotopic (exact) mass is 688 g/mol. The van der Waals surface area contributed by atoms with Gasteiger partial charge in [-0.1, -0.05) is 152 Å². The van der Waals surface area contributed by atoms with Crippen LogP contribution in [0.5, 0.6) is 0 Å². The van der Waals surface area contributed by atoms with Crippen molar-refractivity contribution in [3.05, 3.63) is 198 Å². The minimum atomic E-state index is -0.557. The first-order chi connectivity index (χ1) is 26.7. The van der Waals surface area contributed by atoms with Gasteiger partial charge in [-0.15, -0.1) is 0 Å². The lowest BCUT2D eigenvalue weighted by molar-refractivity contribution is 0.614. The van der Waals surface area contributed by atoms with Crippen LogP contribution in [-0.4, -0.2) is 15.0 Å². The third-order valence-corrected chi connectivity index (χ3v) is 11.1. The summed E-state index contributed by atoms with van der Waals surface area (Å²) < 4.78 is 5.94. The average molecular weight is 689 g/mol. The van der Waals surface area contributed by atoms with E-state index >= 15 is 0 Å². The Bertz CT molecular complexity index is 2890. The molecule has 0 fully saturated rings. The molecule has 2 aromatic heterocycles. The van der Waals surface area contributed by atoms with Crippen LogP contribution < -0.4 is 0 Å². The molecule has 0 amide bonds. The molecule has 2 heterocycles. The Morgan fingerprint density at radius 3 is 1.56 bits per heavy atom. The molecule has 11 rings (SSSR count). The number of rotatable bonds is 4. The minimum Gasteiger partial charge on any atom is -0.463 e.